The summed E-state index contributed by atoms with van der Waals surface area (Å²) < 4.78 is 45.9. The van der Waals surface area contributed by atoms with Crippen molar-refractivity contribution in [3.63, 3.8) is 0 Å². The number of carbonyl (C=O) groups is 1. The third-order valence-electron chi connectivity index (χ3n) is 5.17. The summed E-state index contributed by atoms with van der Waals surface area (Å²) in [6, 6.07) is 24.9. The van der Waals surface area contributed by atoms with Gasteiger partial charge in [-0.3, -0.25) is 4.79 Å². The van der Waals surface area contributed by atoms with Crippen molar-refractivity contribution in [1.82, 2.24) is 15.1 Å². The Labute approximate surface area is 210 Å². The van der Waals surface area contributed by atoms with Crippen LogP contribution in [0.15, 0.2) is 84.9 Å². The predicted octanol–water partition coefficient (Wildman–Crippen LogP) is 5.82. The molecular weight excluding hydrogens is 493 g/mol. The molecule has 1 amide bonds. The Balaban J connectivity index is 1.29. The lowest BCUT2D eigenvalue weighted by Gasteiger charge is -2.11. The van der Waals surface area contributed by atoms with Gasteiger partial charge in [0.05, 0.1) is 10.7 Å². The number of amides is 1. The van der Waals surface area contributed by atoms with E-state index in [0.717, 1.165) is 27.6 Å². The zero-order valence-corrected chi connectivity index (χ0v) is 19.7. The first-order valence-corrected chi connectivity index (χ1v) is 11.4. The molecule has 0 unspecified atom stereocenters. The van der Waals surface area contributed by atoms with Crippen LogP contribution >= 0.6 is 11.6 Å². The van der Waals surface area contributed by atoms with Crippen LogP contribution in [0.1, 0.15) is 5.69 Å². The highest BCUT2D eigenvalue weighted by molar-refractivity contribution is 6.32. The van der Waals surface area contributed by atoms with E-state index in [0.29, 0.717) is 13.1 Å². The minimum Gasteiger partial charge on any atom is -0.467 e. The van der Waals surface area contributed by atoms with Gasteiger partial charge < -0.3 is 15.4 Å². The number of aromatic nitrogens is 2. The first-order valence-electron chi connectivity index (χ1n) is 11.0. The number of nitrogens with zero attached hydrogens (tertiary/aromatic N) is 2. The van der Waals surface area contributed by atoms with Crippen LogP contribution < -0.4 is 15.4 Å². The number of halogens is 4. The molecule has 36 heavy (non-hydrogen) atoms. The van der Waals surface area contributed by atoms with Gasteiger partial charge in [-0.15, -0.1) is 0 Å². The van der Waals surface area contributed by atoms with Gasteiger partial charge >= 0.3 is 6.18 Å². The maximum Gasteiger partial charge on any atom is 0.435 e. The molecule has 0 aliphatic rings. The molecule has 4 aromatic rings. The number of para-hydroxylation sites is 1. The molecule has 3 aromatic carbocycles. The molecule has 0 saturated heterocycles. The van der Waals surface area contributed by atoms with E-state index in [1.165, 1.54) is 12.1 Å². The molecule has 0 spiro atoms. The number of anilines is 1. The molecule has 0 saturated carbocycles. The maximum absolute atomic E-state index is 13.2. The summed E-state index contributed by atoms with van der Waals surface area (Å²) in [6.07, 6.45) is -4.68. The molecule has 2 N–H and O–H groups in total. The van der Waals surface area contributed by atoms with E-state index in [4.69, 9.17) is 16.3 Å². The maximum atomic E-state index is 13.2. The molecular formula is C26H22ClF3N4O2. The summed E-state index contributed by atoms with van der Waals surface area (Å²) in [7, 11) is 0. The summed E-state index contributed by atoms with van der Waals surface area (Å²) >= 11 is 6.11. The topological polar surface area (TPSA) is 68.2 Å². The van der Waals surface area contributed by atoms with E-state index in [9.17, 15) is 18.0 Å². The summed E-state index contributed by atoms with van der Waals surface area (Å²) in [6.45, 7) is 0.256. The molecule has 0 radical (unpaired) electrons. The van der Waals surface area contributed by atoms with Crippen molar-refractivity contribution in [3.8, 4) is 22.7 Å². The zero-order valence-electron chi connectivity index (χ0n) is 18.9. The number of hydrogen-bond acceptors (Lipinski definition) is 4. The van der Waals surface area contributed by atoms with E-state index in [1.807, 2.05) is 54.6 Å². The fourth-order valence-electron chi connectivity index (χ4n) is 3.41. The van der Waals surface area contributed by atoms with Crippen molar-refractivity contribution in [1.29, 1.82) is 0 Å². The third kappa shape index (κ3) is 6.37. The van der Waals surface area contributed by atoms with Crippen molar-refractivity contribution in [2.75, 3.05) is 25.0 Å². The lowest BCUT2D eigenvalue weighted by molar-refractivity contribution is -0.141. The summed E-state index contributed by atoms with van der Waals surface area (Å²) in [5, 5.41) is 9.62. The van der Waals surface area contributed by atoms with Gasteiger partial charge in [0.25, 0.3) is 5.91 Å². The molecule has 0 atom stereocenters. The van der Waals surface area contributed by atoms with Crippen molar-refractivity contribution in [2.24, 2.45) is 0 Å². The van der Waals surface area contributed by atoms with Gasteiger partial charge in [-0.2, -0.15) is 23.0 Å². The van der Waals surface area contributed by atoms with E-state index in [2.05, 4.69) is 15.7 Å². The van der Waals surface area contributed by atoms with E-state index in [1.54, 1.807) is 12.1 Å². The molecule has 0 fully saturated rings. The van der Waals surface area contributed by atoms with Gasteiger partial charge in [0.15, 0.2) is 12.3 Å². The van der Waals surface area contributed by atoms with Crippen LogP contribution in [0, 0.1) is 0 Å². The van der Waals surface area contributed by atoms with Gasteiger partial charge in [-0.05, 0) is 35.4 Å². The van der Waals surface area contributed by atoms with Crippen molar-refractivity contribution in [2.45, 2.75) is 6.18 Å². The highest BCUT2D eigenvalue weighted by atomic mass is 35.5. The van der Waals surface area contributed by atoms with E-state index < -0.39 is 24.4 Å². The summed E-state index contributed by atoms with van der Waals surface area (Å²) in [4.78, 5) is 12.2. The van der Waals surface area contributed by atoms with Crippen LogP contribution in [-0.4, -0.2) is 35.4 Å². The number of alkyl halides is 3. The average molecular weight is 515 g/mol. The van der Waals surface area contributed by atoms with Gasteiger partial charge in [-0.25, -0.2) is 0 Å². The van der Waals surface area contributed by atoms with Gasteiger partial charge in [0.1, 0.15) is 0 Å². The first kappa shape index (κ1) is 25.1. The molecule has 10 heteroatoms. The van der Waals surface area contributed by atoms with Crippen molar-refractivity contribution in [3.05, 3.63) is 95.6 Å². The standard InChI is InChI=1S/C26H22ClF3N4O2/c27-21-8-4-5-9-22(21)34-25(16-23(33-34)26(28,29)30)36-17-24(35)32-15-14-31-20-12-10-19(11-13-20)18-6-2-1-3-7-18/h1-13,16,31H,14-15,17H2,(H,32,35). The molecule has 1 aromatic heterocycles. The fourth-order valence-corrected chi connectivity index (χ4v) is 3.63. The smallest absolute Gasteiger partial charge is 0.435 e. The number of carbonyl (C=O) groups excluding carboxylic acids is 1. The van der Waals surface area contributed by atoms with Gasteiger partial charge in [0, 0.05) is 24.8 Å². The molecule has 0 aliphatic carbocycles. The molecule has 0 aliphatic heterocycles. The van der Waals surface area contributed by atoms with Crippen molar-refractivity contribution >= 4 is 23.2 Å². The Morgan fingerprint density at radius 2 is 1.58 bits per heavy atom. The average Bonchev–Trinajstić information content (AvgIpc) is 3.31. The van der Waals surface area contributed by atoms with Crippen LogP contribution in [0.4, 0.5) is 18.9 Å². The number of benzene rings is 3. The van der Waals surface area contributed by atoms with Crippen LogP contribution in [-0.2, 0) is 11.0 Å². The normalized spacial score (nSPS) is 11.2. The minimum absolute atomic E-state index is 0.187. The lowest BCUT2D eigenvalue weighted by atomic mass is 10.1. The molecule has 0 bridgehead atoms. The van der Waals surface area contributed by atoms with Crippen LogP contribution in [0.25, 0.3) is 16.8 Å². The van der Waals surface area contributed by atoms with E-state index in [-0.39, 0.29) is 16.6 Å². The number of ether oxygens (including phenoxy) is 1. The molecule has 6 nitrogen and oxygen atoms in total. The number of nitrogens with one attached hydrogen (secondary N) is 2. The summed E-state index contributed by atoms with van der Waals surface area (Å²) in [5.41, 5.74) is 2.15. The Morgan fingerprint density at radius 3 is 2.28 bits per heavy atom. The minimum atomic E-state index is -4.68. The number of hydrogen-bond donors (Lipinski definition) is 2. The Bertz CT molecular complexity index is 1310. The fraction of sp³-hybridized carbons (Fsp3) is 0.154. The molecule has 186 valence electrons. The Morgan fingerprint density at radius 1 is 0.917 bits per heavy atom. The number of rotatable bonds is 9. The SMILES string of the molecule is O=C(COc1cc(C(F)(F)F)nn1-c1ccccc1Cl)NCCNc1ccc(-c2ccccc2)cc1. The van der Waals surface area contributed by atoms with Crippen LogP contribution in [0.3, 0.4) is 0 Å². The first-order chi connectivity index (χ1) is 17.3. The molecule has 4 rings (SSSR count). The van der Waals surface area contributed by atoms with Gasteiger partial charge in [0.2, 0.25) is 5.88 Å². The monoisotopic (exact) mass is 514 g/mol. The molecule has 1 heterocycles. The predicted molar refractivity (Wildman–Crippen MR) is 132 cm³/mol. The zero-order chi connectivity index (χ0) is 25.5. The quantitative estimate of drug-likeness (QED) is 0.276. The third-order valence-corrected chi connectivity index (χ3v) is 5.49. The highest BCUT2D eigenvalue weighted by Crippen LogP contribution is 2.33. The largest absolute Gasteiger partial charge is 0.467 e. The highest BCUT2D eigenvalue weighted by Gasteiger charge is 2.36. The second-order valence-electron chi connectivity index (χ2n) is 7.74. The lowest BCUT2D eigenvalue weighted by Crippen LogP contribution is -2.32. The van der Waals surface area contributed by atoms with Crippen LogP contribution in [0.2, 0.25) is 5.02 Å². The van der Waals surface area contributed by atoms with Gasteiger partial charge in [-0.1, -0.05) is 66.2 Å². The Kier molecular flexibility index (Phi) is 7.80. The Hall–Kier alpha value is -3.98. The van der Waals surface area contributed by atoms with Crippen molar-refractivity contribution < 1.29 is 22.7 Å². The van der Waals surface area contributed by atoms with Crippen LogP contribution in [0.5, 0.6) is 5.88 Å². The van der Waals surface area contributed by atoms with E-state index >= 15 is 0 Å². The summed E-state index contributed by atoms with van der Waals surface area (Å²) in [5.74, 6) is -0.737. The second kappa shape index (κ2) is 11.2. The second-order valence-corrected chi connectivity index (χ2v) is 8.14.